The van der Waals surface area contributed by atoms with E-state index in [1.165, 1.54) is 0 Å². The molecule has 5 heteroatoms. The molecule has 0 aliphatic carbocycles. The number of nitrogens with zero attached hydrogens (tertiary/aromatic N) is 1. The molecule has 1 fully saturated rings. The van der Waals surface area contributed by atoms with Crippen molar-refractivity contribution in [2.45, 2.75) is 32.4 Å². The third-order valence-electron chi connectivity index (χ3n) is 4.60. The van der Waals surface area contributed by atoms with Gasteiger partial charge in [-0.25, -0.2) is 0 Å². The standard InChI is InChI=1S/C20H24N2O3/c1-14-13-25-15(2)12-22(14)20(24)11-21-19(23)10-17-8-5-7-16-6-3-4-9-18(16)17/h3-9,14-15H,10-13H2,1-2H3,(H,21,23). The van der Waals surface area contributed by atoms with Crippen LogP contribution in [0, 0.1) is 0 Å². The zero-order valence-corrected chi connectivity index (χ0v) is 14.7. The van der Waals surface area contributed by atoms with Crippen LogP contribution in [0.5, 0.6) is 0 Å². The molecule has 5 nitrogen and oxygen atoms in total. The van der Waals surface area contributed by atoms with Crippen LogP contribution in [0.4, 0.5) is 0 Å². The normalized spacial score (nSPS) is 20.5. The highest BCUT2D eigenvalue weighted by Crippen LogP contribution is 2.18. The maximum Gasteiger partial charge on any atom is 0.242 e. The van der Waals surface area contributed by atoms with E-state index in [4.69, 9.17) is 4.74 Å². The number of benzene rings is 2. The maximum atomic E-state index is 12.4. The van der Waals surface area contributed by atoms with Gasteiger partial charge in [0.2, 0.25) is 11.8 Å². The number of hydrogen-bond donors (Lipinski definition) is 1. The highest BCUT2D eigenvalue weighted by molar-refractivity contribution is 5.91. The molecular weight excluding hydrogens is 316 g/mol. The van der Waals surface area contributed by atoms with E-state index in [0.717, 1.165) is 16.3 Å². The van der Waals surface area contributed by atoms with Crippen molar-refractivity contribution >= 4 is 22.6 Å². The fraction of sp³-hybridized carbons (Fsp3) is 0.400. The van der Waals surface area contributed by atoms with Crippen molar-refractivity contribution in [3.05, 3.63) is 48.0 Å². The van der Waals surface area contributed by atoms with E-state index in [1.54, 1.807) is 4.90 Å². The first-order valence-electron chi connectivity index (χ1n) is 8.69. The number of hydrogen-bond acceptors (Lipinski definition) is 3. The van der Waals surface area contributed by atoms with Gasteiger partial charge in [-0.3, -0.25) is 9.59 Å². The van der Waals surface area contributed by atoms with Crippen LogP contribution in [0.25, 0.3) is 10.8 Å². The van der Waals surface area contributed by atoms with Crippen LogP contribution in [0.1, 0.15) is 19.4 Å². The summed E-state index contributed by atoms with van der Waals surface area (Å²) in [6, 6.07) is 14.0. The Morgan fingerprint density at radius 1 is 1.16 bits per heavy atom. The van der Waals surface area contributed by atoms with E-state index in [2.05, 4.69) is 5.32 Å². The average Bonchev–Trinajstić information content (AvgIpc) is 2.62. The van der Waals surface area contributed by atoms with Gasteiger partial charge >= 0.3 is 0 Å². The molecule has 1 heterocycles. The Hall–Kier alpha value is -2.40. The summed E-state index contributed by atoms with van der Waals surface area (Å²) in [6.45, 7) is 5.05. The summed E-state index contributed by atoms with van der Waals surface area (Å²) < 4.78 is 5.53. The Bertz CT molecular complexity index is 769. The minimum Gasteiger partial charge on any atom is -0.375 e. The number of carbonyl (C=O) groups excluding carboxylic acids is 2. The number of carbonyl (C=O) groups is 2. The van der Waals surface area contributed by atoms with Gasteiger partial charge in [0.05, 0.1) is 31.7 Å². The van der Waals surface area contributed by atoms with Crippen molar-refractivity contribution in [2.24, 2.45) is 0 Å². The maximum absolute atomic E-state index is 12.4. The van der Waals surface area contributed by atoms with E-state index in [-0.39, 0.29) is 36.9 Å². The third kappa shape index (κ3) is 4.17. The van der Waals surface area contributed by atoms with Gasteiger partial charge in [-0.2, -0.15) is 0 Å². The molecule has 0 saturated carbocycles. The number of ether oxygens (including phenoxy) is 1. The zero-order valence-electron chi connectivity index (χ0n) is 14.7. The van der Waals surface area contributed by atoms with Crippen LogP contribution in [-0.2, 0) is 20.7 Å². The summed E-state index contributed by atoms with van der Waals surface area (Å²) in [5.74, 6) is -0.201. The highest BCUT2D eigenvalue weighted by Gasteiger charge is 2.27. The lowest BCUT2D eigenvalue weighted by molar-refractivity contribution is -0.143. The first kappa shape index (κ1) is 17.4. The van der Waals surface area contributed by atoms with Gasteiger partial charge in [0, 0.05) is 6.54 Å². The molecule has 2 unspecified atom stereocenters. The quantitative estimate of drug-likeness (QED) is 0.928. The summed E-state index contributed by atoms with van der Waals surface area (Å²) in [6.07, 6.45) is 0.301. The molecule has 0 bridgehead atoms. The molecule has 25 heavy (non-hydrogen) atoms. The van der Waals surface area contributed by atoms with Gasteiger partial charge in [-0.15, -0.1) is 0 Å². The van der Waals surface area contributed by atoms with Gasteiger partial charge in [0.1, 0.15) is 0 Å². The first-order chi connectivity index (χ1) is 12.0. The summed E-state index contributed by atoms with van der Waals surface area (Å²) in [5, 5.41) is 4.94. The summed E-state index contributed by atoms with van der Waals surface area (Å²) in [5.41, 5.74) is 0.969. The molecule has 1 N–H and O–H groups in total. The van der Waals surface area contributed by atoms with E-state index in [9.17, 15) is 9.59 Å². The van der Waals surface area contributed by atoms with Crippen molar-refractivity contribution in [2.75, 3.05) is 19.7 Å². The van der Waals surface area contributed by atoms with Crippen molar-refractivity contribution in [1.29, 1.82) is 0 Å². The SMILES string of the molecule is CC1CN(C(=O)CNC(=O)Cc2cccc3ccccc23)C(C)CO1. The summed E-state index contributed by atoms with van der Waals surface area (Å²) in [7, 11) is 0. The monoisotopic (exact) mass is 340 g/mol. The second-order valence-corrected chi connectivity index (χ2v) is 6.63. The van der Waals surface area contributed by atoms with E-state index < -0.39 is 0 Å². The summed E-state index contributed by atoms with van der Waals surface area (Å²) >= 11 is 0. The highest BCUT2D eigenvalue weighted by atomic mass is 16.5. The predicted molar refractivity (Wildman–Crippen MR) is 97.3 cm³/mol. The second kappa shape index (κ2) is 7.66. The minimum absolute atomic E-state index is 0.0284. The van der Waals surface area contributed by atoms with E-state index in [1.807, 2.05) is 56.3 Å². The molecule has 0 radical (unpaired) electrons. The number of rotatable bonds is 4. The largest absolute Gasteiger partial charge is 0.375 e. The molecule has 2 amide bonds. The number of nitrogens with one attached hydrogen (secondary N) is 1. The van der Waals surface area contributed by atoms with E-state index >= 15 is 0 Å². The average molecular weight is 340 g/mol. The number of fused-ring (bicyclic) bond motifs is 1. The Morgan fingerprint density at radius 2 is 1.92 bits per heavy atom. The number of amides is 2. The first-order valence-corrected chi connectivity index (χ1v) is 8.69. The second-order valence-electron chi connectivity index (χ2n) is 6.63. The van der Waals surface area contributed by atoms with Crippen molar-refractivity contribution in [1.82, 2.24) is 10.2 Å². The van der Waals surface area contributed by atoms with Gasteiger partial charge in [0.15, 0.2) is 0 Å². The molecule has 3 rings (SSSR count). The summed E-state index contributed by atoms with van der Waals surface area (Å²) in [4.78, 5) is 26.4. The molecule has 1 aliphatic heterocycles. The Morgan fingerprint density at radius 3 is 2.76 bits per heavy atom. The molecule has 0 aromatic heterocycles. The molecule has 0 spiro atoms. The smallest absolute Gasteiger partial charge is 0.242 e. The minimum atomic E-state index is -0.140. The van der Waals surface area contributed by atoms with Crippen LogP contribution in [0.15, 0.2) is 42.5 Å². The lowest BCUT2D eigenvalue weighted by Crippen LogP contribution is -2.53. The molecule has 1 saturated heterocycles. The topological polar surface area (TPSA) is 58.6 Å². The van der Waals surface area contributed by atoms with Gasteiger partial charge in [-0.05, 0) is 30.2 Å². The number of morpholine rings is 1. The lowest BCUT2D eigenvalue weighted by atomic mass is 10.0. The van der Waals surface area contributed by atoms with Crippen LogP contribution in [0.2, 0.25) is 0 Å². The molecule has 2 aromatic rings. The van der Waals surface area contributed by atoms with Crippen LogP contribution in [-0.4, -0.2) is 48.6 Å². The molecule has 2 aromatic carbocycles. The zero-order chi connectivity index (χ0) is 17.8. The molecular formula is C20H24N2O3. The fourth-order valence-electron chi connectivity index (χ4n) is 3.21. The molecule has 132 valence electrons. The van der Waals surface area contributed by atoms with Gasteiger partial charge in [0.25, 0.3) is 0 Å². The molecule has 1 aliphatic rings. The Balaban J connectivity index is 1.58. The van der Waals surface area contributed by atoms with E-state index in [0.29, 0.717) is 13.2 Å². The lowest BCUT2D eigenvalue weighted by Gasteiger charge is -2.36. The van der Waals surface area contributed by atoms with Gasteiger partial charge < -0.3 is 15.0 Å². The third-order valence-corrected chi connectivity index (χ3v) is 4.60. The van der Waals surface area contributed by atoms with Crippen molar-refractivity contribution in [3.8, 4) is 0 Å². The van der Waals surface area contributed by atoms with Crippen LogP contribution in [0.3, 0.4) is 0 Å². The Kier molecular flexibility index (Phi) is 5.34. The predicted octanol–water partition coefficient (Wildman–Crippen LogP) is 2.13. The Labute approximate surface area is 148 Å². The molecule has 2 atom stereocenters. The van der Waals surface area contributed by atoms with Crippen molar-refractivity contribution < 1.29 is 14.3 Å². The van der Waals surface area contributed by atoms with Gasteiger partial charge in [-0.1, -0.05) is 42.5 Å². The van der Waals surface area contributed by atoms with Crippen molar-refractivity contribution in [3.63, 3.8) is 0 Å². The fourth-order valence-corrected chi connectivity index (χ4v) is 3.21. The van der Waals surface area contributed by atoms with Crippen LogP contribution < -0.4 is 5.32 Å². The van der Waals surface area contributed by atoms with Crippen LogP contribution >= 0.6 is 0 Å².